The molecule has 1 aromatic rings. The lowest BCUT2D eigenvalue weighted by Crippen LogP contribution is -2.38. The number of rotatable bonds is 4. The molecule has 0 spiro atoms. The van der Waals surface area contributed by atoms with Gasteiger partial charge in [0.1, 0.15) is 0 Å². The zero-order valence-corrected chi connectivity index (χ0v) is 14.1. The molecule has 1 aliphatic rings. The molecule has 1 atom stereocenters. The molecule has 4 nitrogen and oxygen atoms in total. The molecular weight excluding hydrogens is 286 g/mol. The highest BCUT2D eigenvalue weighted by atomic mass is 32.2. The van der Waals surface area contributed by atoms with Crippen LogP contribution in [0.25, 0.3) is 0 Å². The third-order valence-electron chi connectivity index (χ3n) is 4.01. The van der Waals surface area contributed by atoms with Crippen molar-refractivity contribution in [1.82, 2.24) is 4.31 Å². The minimum atomic E-state index is -3.42. The van der Waals surface area contributed by atoms with Crippen LogP contribution in [0, 0.1) is 0 Å². The molecule has 0 amide bonds. The molecule has 1 heterocycles. The molecule has 0 N–H and O–H groups in total. The van der Waals surface area contributed by atoms with Crippen LogP contribution in [0.1, 0.15) is 39.2 Å². The topological polar surface area (TPSA) is 46.6 Å². The predicted molar refractivity (Wildman–Crippen MR) is 83.9 cm³/mol. The van der Waals surface area contributed by atoms with E-state index in [1.807, 2.05) is 12.1 Å². The Morgan fingerprint density at radius 2 is 1.86 bits per heavy atom. The number of nitrogens with zero attached hydrogens (tertiary/aromatic N) is 1. The number of ether oxygens (including phenoxy) is 1. The van der Waals surface area contributed by atoms with E-state index < -0.39 is 10.0 Å². The van der Waals surface area contributed by atoms with Crippen molar-refractivity contribution in [1.29, 1.82) is 0 Å². The van der Waals surface area contributed by atoms with Gasteiger partial charge in [-0.05, 0) is 36.0 Å². The number of hydrogen-bond donors (Lipinski definition) is 0. The van der Waals surface area contributed by atoms with Gasteiger partial charge in [-0.3, -0.25) is 0 Å². The summed E-state index contributed by atoms with van der Waals surface area (Å²) in [5.74, 6) is 0. The van der Waals surface area contributed by atoms with Crippen LogP contribution in [0.5, 0.6) is 0 Å². The third-order valence-corrected chi connectivity index (χ3v) is 5.98. The van der Waals surface area contributed by atoms with Gasteiger partial charge < -0.3 is 4.74 Å². The van der Waals surface area contributed by atoms with Crippen molar-refractivity contribution < 1.29 is 13.2 Å². The summed E-state index contributed by atoms with van der Waals surface area (Å²) in [6, 6.07) is 7.22. The van der Waals surface area contributed by atoms with E-state index in [1.54, 1.807) is 23.5 Å². The molecule has 21 heavy (non-hydrogen) atoms. The summed E-state index contributed by atoms with van der Waals surface area (Å²) in [5.41, 5.74) is 1.16. The molecule has 0 unspecified atom stereocenters. The summed E-state index contributed by atoms with van der Waals surface area (Å²) in [6.07, 6.45) is 1.76. The maximum absolute atomic E-state index is 12.8. The summed E-state index contributed by atoms with van der Waals surface area (Å²) in [6.45, 7) is 7.39. The van der Waals surface area contributed by atoms with Gasteiger partial charge in [-0.15, -0.1) is 0 Å². The van der Waals surface area contributed by atoms with Crippen molar-refractivity contribution in [2.24, 2.45) is 0 Å². The normalized spacial score (nSPS) is 20.9. The molecule has 1 fully saturated rings. The molecule has 0 aliphatic carbocycles. The average Bonchev–Trinajstić information content (AvgIpc) is 2.87. The molecule has 118 valence electrons. The average molecular weight is 311 g/mol. The zero-order valence-electron chi connectivity index (χ0n) is 13.3. The molecule has 2 rings (SSSR count). The molecule has 1 aromatic carbocycles. The van der Waals surface area contributed by atoms with Gasteiger partial charge in [-0.1, -0.05) is 32.9 Å². The Balaban J connectivity index is 2.27. The highest BCUT2D eigenvalue weighted by Crippen LogP contribution is 2.28. The Morgan fingerprint density at radius 3 is 2.38 bits per heavy atom. The first-order chi connectivity index (χ1) is 9.76. The maximum Gasteiger partial charge on any atom is 0.243 e. The summed E-state index contributed by atoms with van der Waals surface area (Å²) in [7, 11) is -1.81. The van der Waals surface area contributed by atoms with Gasteiger partial charge in [0, 0.05) is 19.7 Å². The van der Waals surface area contributed by atoms with E-state index in [1.165, 1.54) is 0 Å². The van der Waals surface area contributed by atoms with E-state index in [0.29, 0.717) is 18.0 Å². The van der Waals surface area contributed by atoms with Gasteiger partial charge in [0.25, 0.3) is 0 Å². The van der Waals surface area contributed by atoms with Crippen LogP contribution >= 0.6 is 0 Å². The first kappa shape index (κ1) is 16.5. The molecule has 0 aromatic heterocycles. The first-order valence-corrected chi connectivity index (χ1v) is 8.82. The number of methoxy groups -OCH3 is 1. The second kappa shape index (κ2) is 6.07. The molecule has 0 bridgehead atoms. The largest absolute Gasteiger partial charge is 0.383 e. The van der Waals surface area contributed by atoms with Crippen molar-refractivity contribution in [3.63, 3.8) is 0 Å². The van der Waals surface area contributed by atoms with Gasteiger partial charge in [0.2, 0.25) is 10.0 Å². The minimum Gasteiger partial charge on any atom is -0.383 e. The van der Waals surface area contributed by atoms with E-state index >= 15 is 0 Å². The minimum absolute atomic E-state index is 0.0223. The summed E-state index contributed by atoms with van der Waals surface area (Å²) in [5, 5.41) is 0. The highest BCUT2D eigenvalue weighted by molar-refractivity contribution is 7.89. The van der Waals surface area contributed by atoms with E-state index in [2.05, 4.69) is 20.8 Å². The Kier molecular flexibility index (Phi) is 4.76. The second-order valence-electron chi connectivity index (χ2n) is 6.64. The summed E-state index contributed by atoms with van der Waals surface area (Å²) in [4.78, 5) is 0.374. The van der Waals surface area contributed by atoms with Gasteiger partial charge >= 0.3 is 0 Å². The molecule has 0 saturated carbocycles. The van der Waals surface area contributed by atoms with Crippen molar-refractivity contribution in [3.05, 3.63) is 29.8 Å². The molecule has 1 aliphatic heterocycles. The Bertz CT molecular complexity index is 573. The first-order valence-electron chi connectivity index (χ1n) is 7.38. The molecule has 5 heteroatoms. The SMILES string of the molecule is COC[C@@H]1CCCN1S(=O)(=O)c1ccc(C(C)(C)C)cc1. The lowest BCUT2D eigenvalue weighted by Gasteiger charge is -2.24. The van der Waals surface area contributed by atoms with Crippen LogP contribution in [-0.2, 0) is 20.2 Å². The van der Waals surface area contributed by atoms with Gasteiger partial charge in [-0.2, -0.15) is 4.31 Å². The maximum atomic E-state index is 12.8. The van der Waals surface area contributed by atoms with Crippen LogP contribution in [0.2, 0.25) is 0 Å². The quantitative estimate of drug-likeness (QED) is 0.859. The summed E-state index contributed by atoms with van der Waals surface area (Å²) < 4.78 is 32.2. The van der Waals surface area contributed by atoms with Crippen LogP contribution in [0.3, 0.4) is 0 Å². The van der Waals surface area contributed by atoms with E-state index in [4.69, 9.17) is 4.74 Å². The third kappa shape index (κ3) is 3.47. The molecule has 1 saturated heterocycles. The van der Waals surface area contributed by atoms with E-state index in [-0.39, 0.29) is 11.5 Å². The van der Waals surface area contributed by atoms with Crippen molar-refractivity contribution in [2.45, 2.75) is 50.0 Å². The summed E-state index contributed by atoms with van der Waals surface area (Å²) >= 11 is 0. The van der Waals surface area contributed by atoms with Crippen molar-refractivity contribution >= 4 is 10.0 Å². The molecular formula is C16H25NO3S. The Labute approximate surface area is 128 Å². The lowest BCUT2D eigenvalue weighted by atomic mass is 9.87. The molecule has 0 radical (unpaired) electrons. The number of hydrogen-bond acceptors (Lipinski definition) is 3. The van der Waals surface area contributed by atoms with Crippen LogP contribution in [0.15, 0.2) is 29.2 Å². The monoisotopic (exact) mass is 311 g/mol. The van der Waals surface area contributed by atoms with Gasteiger partial charge in [0.05, 0.1) is 11.5 Å². The zero-order chi connectivity index (χ0) is 15.7. The fourth-order valence-corrected chi connectivity index (χ4v) is 4.43. The number of sulfonamides is 1. The number of benzene rings is 1. The Morgan fingerprint density at radius 1 is 1.24 bits per heavy atom. The van der Waals surface area contributed by atoms with Crippen LogP contribution in [0.4, 0.5) is 0 Å². The fourth-order valence-electron chi connectivity index (χ4n) is 2.75. The van der Waals surface area contributed by atoms with Gasteiger partial charge in [0.15, 0.2) is 0 Å². The van der Waals surface area contributed by atoms with Crippen molar-refractivity contribution in [2.75, 3.05) is 20.3 Å². The lowest BCUT2D eigenvalue weighted by molar-refractivity contribution is 0.149. The highest BCUT2D eigenvalue weighted by Gasteiger charge is 2.35. The van der Waals surface area contributed by atoms with E-state index in [9.17, 15) is 8.42 Å². The van der Waals surface area contributed by atoms with E-state index in [0.717, 1.165) is 18.4 Å². The van der Waals surface area contributed by atoms with Crippen LogP contribution < -0.4 is 0 Å². The standard InChI is InChI=1S/C16H25NO3S/c1-16(2,3)13-7-9-15(10-8-13)21(18,19)17-11-5-6-14(17)12-20-4/h7-10,14H,5-6,11-12H2,1-4H3/t14-/m0/s1. The van der Waals surface area contributed by atoms with Crippen LogP contribution in [-0.4, -0.2) is 39.0 Å². The smallest absolute Gasteiger partial charge is 0.243 e. The second-order valence-corrected chi connectivity index (χ2v) is 8.53. The Hall–Kier alpha value is -0.910. The fraction of sp³-hybridized carbons (Fsp3) is 0.625. The van der Waals surface area contributed by atoms with Gasteiger partial charge in [-0.25, -0.2) is 8.42 Å². The van der Waals surface area contributed by atoms with Crippen molar-refractivity contribution in [3.8, 4) is 0 Å². The predicted octanol–water partition coefficient (Wildman–Crippen LogP) is 2.78.